The fraction of sp³-hybridized carbons (Fsp3) is 0.333. The zero-order valence-electron chi connectivity index (χ0n) is 18.3. The molecule has 2 N–H and O–H groups in total. The molecule has 4 aromatic heterocycles. The van der Waals surface area contributed by atoms with Crippen LogP contribution in [0.25, 0.3) is 5.65 Å². The Morgan fingerprint density at radius 2 is 1.97 bits per heavy atom. The lowest BCUT2D eigenvalue weighted by atomic mass is 10.2. The Balaban J connectivity index is 1.08. The molecule has 2 atom stereocenters. The number of nitrogens with zero attached hydrogens (tertiary/aromatic N) is 6. The second-order valence-electron chi connectivity index (χ2n) is 8.87. The Morgan fingerprint density at radius 1 is 1.09 bits per heavy atom. The summed E-state index contributed by atoms with van der Waals surface area (Å²) in [4.78, 5) is 34.5. The van der Waals surface area contributed by atoms with Crippen molar-refractivity contribution in [2.24, 2.45) is 5.92 Å². The average molecular weight is 441 g/mol. The molecule has 0 radical (unpaired) electrons. The molecule has 166 valence electrons. The van der Waals surface area contributed by atoms with Gasteiger partial charge in [0, 0.05) is 42.2 Å². The number of amides is 1. The summed E-state index contributed by atoms with van der Waals surface area (Å²) in [7, 11) is 0. The highest BCUT2D eigenvalue weighted by molar-refractivity contribution is 5.94. The van der Waals surface area contributed by atoms with Crippen LogP contribution in [-0.4, -0.2) is 35.2 Å². The van der Waals surface area contributed by atoms with Gasteiger partial charge in [-0.2, -0.15) is 0 Å². The first kappa shape index (κ1) is 19.8. The van der Waals surface area contributed by atoms with Crippen molar-refractivity contribution in [1.82, 2.24) is 29.3 Å². The van der Waals surface area contributed by atoms with Gasteiger partial charge in [0.15, 0.2) is 0 Å². The molecular weight excluding hydrogens is 416 g/mol. The number of carbonyl (C=O) groups excluding carboxylic acids is 1. The molecule has 2 fully saturated rings. The number of aromatic nitrogens is 6. The van der Waals surface area contributed by atoms with Crippen LogP contribution >= 0.6 is 0 Å². The smallest absolute Gasteiger partial charge is 0.229 e. The van der Waals surface area contributed by atoms with Crippen LogP contribution in [-0.2, 0) is 11.3 Å². The van der Waals surface area contributed by atoms with E-state index in [4.69, 9.17) is 0 Å². The number of hydrogen-bond donors (Lipinski definition) is 2. The molecule has 2 saturated carbocycles. The van der Waals surface area contributed by atoms with E-state index in [9.17, 15) is 4.79 Å². The molecule has 9 nitrogen and oxygen atoms in total. The largest absolute Gasteiger partial charge is 0.364 e. The lowest BCUT2D eigenvalue weighted by Crippen LogP contribution is -2.16. The van der Waals surface area contributed by atoms with Gasteiger partial charge in [-0.25, -0.2) is 24.9 Å². The molecule has 2 aliphatic carbocycles. The van der Waals surface area contributed by atoms with E-state index in [1.165, 1.54) is 24.7 Å². The Kier molecular flexibility index (Phi) is 4.74. The maximum atomic E-state index is 12.7. The Labute approximate surface area is 190 Å². The molecule has 0 aromatic carbocycles. The monoisotopic (exact) mass is 440 g/mol. The van der Waals surface area contributed by atoms with Crippen LogP contribution in [0, 0.1) is 12.8 Å². The number of pyridine rings is 1. The SMILES string of the molecule is Cc1ccnc([C@H]2C[C@@H]2C(=O)Nc2cc(NCc3cn4cc(C5CC5)ccc4n3)ncn2)n1. The van der Waals surface area contributed by atoms with Crippen LogP contribution in [0.15, 0.2) is 49.2 Å². The highest BCUT2D eigenvalue weighted by Crippen LogP contribution is 2.46. The van der Waals surface area contributed by atoms with Crippen molar-refractivity contribution < 1.29 is 4.79 Å². The summed E-state index contributed by atoms with van der Waals surface area (Å²) in [5.41, 5.74) is 4.14. The predicted octanol–water partition coefficient (Wildman–Crippen LogP) is 3.45. The molecule has 9 heteroatoms. The minimum atomic E-state index is -0.128. The Bertz CT molecular complexity index is 1350. The molecule has 0 unspecified atom stereocenters. The van der Waals surface area contributed by atoms with Crippen molar-refractivity contribution in [2.75, 3.05) is 10.6 Å². The quantitative estimate of drug-likeness (QED) is 0.453. The summed E-state index contributed by atoms with van der Waals surface area (Å²) in [6.07, 6.45) is 10.7. The van der Waals surface area contributed by atoms with E-state index in [-0.39, 0.29) is 17.7 Å². The molecule has 33 heavy (non-hydrogen) atoms. The van der Waals surface area contributed by atoms with Crippen molar-refractivity contribution >= 4 is 23.2 Å². The molecule has 0 bridgehead atoms. The van der Waals surface area contributed by atoms with E-state index in [0.717, 1.165) is 29.3 Å². The lowest BCUT2D eigenvalue weighted by molar-refractivity contribution is -0.117. The molecule has 0 spiro atoms. The minimum absolute atomic E-state index is 0.0680. The fourth-order valence-electron chi connectivity index (χ4n) is 4.14. The van der Waals surface area contributed by atoms with Crippen molar-refractivity contribution in [3.63, 3.8) is 0 Å². The summed E-state index contributed by atoms with van der Waals surface area (Å²) >= 11 is 0. The topological polar surface area (TPSA) is 110 Å². The summed E-state index contributed by atoms with van der Waals surface area (Å²) in [6.45, 7) is 2.45. The second kappa shape index (κ2) is 7.91. The zero-order valence-corrected chi connectivity index (χ0v) is 18.3. The number of hydrogen-bond acceptors (Lipinski definition) is 7. The zero-order chi connectivity index (χ0) is 22.4. The van der Waals surface area contributed by atoms with Crippen LogP contribution < -0.4 is 10.6 Å². The van der Waals surface area contributed by atoms with Crippen molar-refractivity contribution in [1.29, 1.82) is 0 Å². The number of anilines is 2. The maximum Gasteiger partial charge on any atom is 0.229 e. The average Bonchev–Trinajstić information content (AvgIpc) is 3.74. The molecular formula is C24H24N8O. The third-order valence-corrected chi connectivity index (χ3v) is 6.21. The van der Waals surface area contributed by atoms with Crippen molar-refractivity contribution in [3.8, 4) is 0 Å². The van der Waals surface area contributed by atoms with Gasteiger partial charge < -0.3 is 15.0 Å². The Hall–Kier alpha value is -3.88. The number of nitrogens with one attached hydrogen (secondary N) is 2. The summed E-state index contributed by atoms with van der Waals surface area (Å²) in [5.74, 6) is 2.42. The number of aryl methyl sites for hydroxylation is 1. The number of fused-ring (bicyclic) bond motifs is 1. The van der Waals surface area contributed by atoms with Crippen molar-refractivity contribution in [2.45, 2.75) is 44.6 Å². The van der Waals surface area contributed by atoms with Gasteiger partial charge in [-0.05, 0) is 49.8 Å². The molecule has 6 rings (SSSR count). The minimum Gasteiger partial charge on any atom is -0.364 e. The van der Waals surface area contributed by atoms with Crippen LogP contribution in [0.4, 0.5) is 11.6 Å². The molecule has 4 aromatic rings. The summed E-state index contributed by atoms with van der Waals surface area (Å²) in [5, 5.41) is 6.17. The van der Waals surface area contributed by atoms with Crippen LogP contribution in [0.5, 0.6) is 0 Å². The van der Waals surface area contributed by atoms with Gasteiger partial charge in [0.1, 0.15) is 29.4 Å². The van der Waals surface area contributed by atoms with Gasteiger partial charge in [0.2, 0.25) is 5.91 Å². The van der Waals surface area contributed by atoms with E-state index < -0.39 is 0 Å². The number of carbonyl (C=O) groups is 1. The second-order valence-corrected chi connectivity index (χ2v) is 8.87. The van der Waals surface area contributed by atoms with Gasteiger partial charge in [-0.15, -0.1) is 0 Å². The molecule has 4 heterocycles. The first-order valence-electron chi connectivity index (χ1n) is 11.3. The Morgan fingerprint density at radius 3 is 2.82 bits per heavy atom. The maximum absolute atomic E-state index is 12.7. The van der Waals surface area contributed by atoms with E-state index in [1.807, 2.05) is 19.2 Å². The molecule has 2 aliphatic rings. The normalized spacial score (nSPS) is 19.4. The number of imidazole rings is 1. The van der Waals surface area contributed by atoms with E-state index in [1.54, 1.807) is 12.3 Å². The van der Waals surface area contributed by atoms with Gasteiger partial charge in [-0.3, -0.25) is 4.79 Å². The fourth-order valence-corrected chi connectivity index (χ4v) is 4.14. The summed E-state index contributed by atoms with van der Waals surface area (Å²) in [6, 6.07) is 7.84. The van der Waals surface area contributed by atoms with Crippen molar-refractivity contribution in [3.05, 3.63) is 72.0 Å². The van der Waals surface area contributed by atoms with E-state index in [2.05, 4.69) is 58.3 Å². The molecule has 0 aliphatic heterocycles. The highest BCUT2D eigenvalue weighted by Gasteiger charge is 2.46. The van der Waals surface area contributed by atoms with Crippen LogP contribution in [0.1, 0.15) is 53.9 Å². The van der Waals surface area contributed by atoms with Gasteiger partial charge in [0.05, 0.1) is 12.2 Å². The van der Waals surface area contributed by atoms with Crippen LogP contribution in [0.2, 0.25) is 0 Å². The lowest BCUT2D eigenvalue weighted by Gasteiger charge is -2.07. The first-order chi connectivity index (χ1) is 16.1. The van der Waals surface area contributed by atoms with Gasteiger partial charge in [0.25, 0.3) is 0 Å². The van der Waals surface area contributed by atoms with E-state index >= 15 is 0 Å². The third-order valence-electron chi connectivity index (χ3n) is 6.21. The van der Waals surface area contributed by atoms with E-state index in [0.29, 0.717) is 24.1 Å². The molecule has 0 saturated heterocycles. The first-order valence-corrected chi connectivity index (χ1v) is 11.3. The molecule has 1 amide bonds. The third kappa shape index (κ3) is 4.26. The highest BCUT2D eigenvalue weighted by atomic mass is 16.2. The van der Waals surface area contributed by atoms with Gasteiger partial charge >= 0.3 is 0 Å². The number of rotatable bonds is 7. The van der Waals surface area contributed by atoms with Crippen LogP contribution in [0.3, 0.4) is 0 Å². The summed E-state index contributed by atoms with van der Waals surface area (Å²) < 4.78 is 2.08. The van der Waals surface area contributed by atoms with Gasteiger partial charge in [-0.1, -0.05) is 6.07 Å². The standard InChI is InChI=1S/C24H24N8O/c1-14-6-7-25-23(29-14)18-8-19(18)24(33)31-21-9-20(27-13-28-21)26-10-17-12-32-11-16(15-2-3-15)4-5-22(32)30-17/h4-7,9,11-13,15,18-19H,2-3,8,10H2,1H3,(H2,26,27,28,31,33)/t18-,19-/m0/s1. The predicted molar refractivity (Wildman–Crippen MR) is 123 cm³/mol.